The van der Waals surface area contributed by atoms with Crippen LogP contribution in [0.1, 0.15) is 38.3 Å². The Hall–Kier alpha value is -1.46. The Morgan fingerprint density at radius 2 is 1.82 bits per heavy atom. The molecule has 0 radical (unpaired) electrons. The monoisotopic (exact) mass is 304 g/mol. The SMILES string of the molecule is CCCN(CCC)C(C(=O)N1CCNCC1)c1ccncc1. The third-order valence-electron chi connectivity index (χ3n) is 4.07. The van der Waals surface area contributed by atoms with Gasteiger partial charge in [0.2, 0.25) is 5.91 Å². The molecule has 1 saturated heterocycles. The summed E-state index contributed by atoms with van der Waals surface area (Å²) >= 11 is 0. The van der Waals surface area contributed by atoms with Gasteiger partial charge in [-0.1, -0.05) is 13.8 Å². The average molecular weight is 304 g/mol. The van der Waals surface area contributed by atoms with Crippen LogP contribution in [0.5, 0.6) is 0 Å². The standard InChI is InChI=1S/C17H28N4O/c1-3-11-20(12-4-2)16(15-5-7-18-8-6-15)17(22)21-13-9-19-10-14-21/h5-8,16,19H,3-4,9-14H2,1-2H3. The summed E-state index contributed by atoms with van der Waals surface area (Å²) in [6, 6.07) is 3.77. The fourth-order valence-electron chi connectivity index (χ4n) is 3.06. The van der Waals surface area contributed by atoms with Crippen LogP contribution in [-0.2, 0) is 4.79 Å². The number of carbonyl (C=O) groups is 1. The lowest BCUT2D eigenvalue weighted by Gasteiger charge is -2.36. The zero-order valence-corrected chi connectivity index (χ0v) is 13.8. The molecule has 22 heavy (non-hydrogen) atoms. The summed E-state index contributed by atoms with van der Waals surface area (Å²) in [7, 11) is 0. The molecule has 1 aromatic rings. The van der Waals surface area contributed by atoms with Crippen LogP contribution in [0.2, 0.25) is 0 Å². The van der Waals surface area contributed by atoms with E-state index in [2.05, 4.69) is 29.0 Å². The molecule has 1 aromatic heterocycles. The molecule has 5 nitrogen and oxygen atoms in total. The van der Waals surface area contributed by atoms with Gasteiger partial charge in [-0.3, -0.25) is 14.7 Å². The Morgan fingerprint density at radius 1 is 1.23 bits per heavy atom. The highest BCUT2D eigenvalue weighted by atomic mass is 16.2. The maximum absolute atomic E-state index is 13.1. The third-order valence-corrected chi connectivity index (χ3v) is 4.07. The summed E-state index contributed by atoms with van der Waals surface area (Å²) in [6.07, 6.45) is 5.67. The average Bonchev–Trinajstić information content (AvgIpc) is 2.57. The molecule has 0 saturated carbocycles. The molecule has 5 heteroatoms. The zero-order valence-electron chi connectivity index (χ0n) is 13.8. The van der Waals surface area contributed by atoms with Crippen molar-refractivity contribution >= 4 is 5.91 Å². The van der Waals surface area contributed by atoms with Crippen molar-refractivity contribution in [1.82, 2.24) is 20.1 Å². The predicted octanol–water partition coefficient (Wildman–Crippen LogP) is 1.68. The summed E-state index contributed by atoms with van der Waals surface area (Å²) in [4.78, 5) is 21.5. The Labute approximate surface area is 133 Å². The fourth-order valence-corrected chi connectivity index (χ4v) is 3.06. The molecule has 0 aliphatic carbocycles. The maximum Gasteiger partial charge on any atom is 0.244 e. The molecule has 122 valence electrons. The number of nitrogens with one attached hydrogen (secondary N) is 1. The Kier molecular flexibility index (Phi) is 6.80. The topological polar surface area (TPSA) is 48.5 Å². The lowest BCUT2D eigenvalue weighted by molar-refractivity contribution is -0.138. The van der Waals surface area contributed by atoms with Gasteiger partial charge in [-0.2, -0.15) is 0 Å². The van der Waals surface area contributed by atoms with Gasteiger partial charge in [0.15, 0.2) is 0 Å². The minimum absolute atomic E-state index is 0.180. The molecule has 0 bridgehead atoms. The van der Waals surface area contributed by atoms with Crippen molar-refractivity contribution in [2.45, 2.75) is 32.7 Å². The maximum atomic E-state index is 13.1. The first-order valence-electron chi connectivity index (χ1n) is 8.41. The highest BCUT2D eigenvalue weighted by Crippen LogP contribution is 2.24. The van der Waals surface area contributed by atoms with Crippen LogP contribution in [0.4, 0.5) is 0 Å². The van der Waals surface area contributed by atoms with E-state index in [0.29, 0.717) is 0 Å². The molecule has 1 unspecified atom stereocenters. The molecule has 2 rings (SSSR count). The molecule has 1 aliphatic rings. The molecule has 1 fully saturated rings. The van der Waals surface area contributed by atoms with Crippen LogP contribution in [0.25, 0.3) is 0 Å². The van der Waals surface area contributed by atoms with Gasteiger partial charge in [-0.25, -0.2) is 0 Å². The van der Waals surface area contributed by atoms with Crippen LogP contribution in [0.3, 0.4) is 0 Å². The van der Waals surface area contributed by atoms with Crippen molar-refractivity contribution in [3.63, 3.8) is 0 Å². The number of carbonyl (C=O) groups excluding carboxylic acids is 1. The van der Waals surface area contributed by atoms with Gasteiger partial charge in [-0.05, 0) is 43.6 Å². The number of hydrogen-bond acceptors (Lipinski definition) is 4. The smallest absolute Gasteiger partial charge is 0.244 e. The number of piperazine rings is 1. The first-order chi connectivity index (χ1) is 10.8. The van der Waals surface area contributed by atoms with E-state index >= 15 is 0 Å². The van der Waals surface area contributed by atoms with Gasteiger partial charge in [0, 0.05) is 38.6 Å². The summed E-state index contributed by atoms with van der Waals surface area (Å²) in [5.74, 6) is 0.231. The number of amides is 1. The number of pyridine rings is 1. The van der Waals surface area contributed by atoms with Crippen molar-refractivity contribution in [3.05, 3.63) is 30.1 Å². The van der Waals surface area contributed by atoms with Crippen molar-refractivity contribution in [2.24, 2.45) is 0 Å². The Balaban J connectivity index is 2.25. The molecular formula is C17H28N4O. The minimum Gasteiger partial charge on any atom is -0.338 e. The molecule has 2 heterocycles. The highest BCUT2D eigenvalue weighted by molar-refractivity contribution is 5.83. The van der Waals surface area contributed by atoms with E-state index in [1.807, 2.05) is 17.0 Å². The molecule has 1 atom stereocenters. The number of aromatic nitrogens is 1. The van der Waals surface area contributed by atoms with Gasteiger partial charge in [0.1, 0.15) is 6.04 Å². The summed E-state index contributed by atoms with van der Waals surface area (Å²) < 4.78 is 0. The predicted molar refractivity (Wildman–Crippen MR) is 88.6 cm³/mol. The first-order valence-corrected chi connectivity index (χ1v) is 8.41. The summed E-state index contributed by atoms with van der Waals surface area (Å²) in [6.45, 7) is 9.59. The number of rotatable bonds is 7. The van der Waals surface area contributed by atoms with Gasteiger partial charge >= 0.3 is 0 Å². The Bertz CT molecular complexity index is 439. The van der Waals surface area contributed by atoms with E-state index in [0.717, 1.165) is 57.7 Å². The molecular weight excluding hydrogens is 276 g/mol. The number of nitrogens with zero attached hydrogens (tertiary/aromatic N) is 3. The van der Waals surface area contributed by atoms with E-state index in [4.69, 9.17) is 0 Å². The van der Waals surface area contributed by atoms with Gasteiger partial charge in [0.25, 0.3) is 0 Å². The van der Waals surface area contributed by atoms with E-state index < -0.39 is 0 Å². The van der Waals surface area contributed by atoms with Crippen LogP contribution in [-0.4, -0.2) is 60.0 Å². The second-order valence-corrected chi connectivity index (χ2v) is 5.79. The van der Waals surface area contributed by atoms with E-state index in [1.54, 1.807) is 12.4 Å². The van der Waals surface area contributed by atoms with E-state index in [9.17, 15) is 4.79 Å². The van der Waals surface area contributed by atoms with Crippen molar-refractivity contribution in [1.29, 1.82) is 0 Å². The van der Waals surface area contributed by atoms with Gasteiger partial charge in [-0.15, -0.1) is 0 Å². The molecule has 1 N–H and O–H groups in total. The normalized spacial score (nSPS) is 16.8. The van der Waals surface area contributed by atoms with Crippen LogP contribution in [0.15, 0.2) is 24.5 Å². The molecule has 1 aliphatic heterocycles. The number of hydrogen-bond donors (Lipinski definition) is 1. The minimum atomic E-state index is -0.180. The second-order valence-electron chi connectivity index (χ2n) is 5.79. The van der Waals surface area contributed by atoms with Crippen LogP contribution < -0.4 is 5.32 Å². The quantitative estimate of drug-likeness (QED) is 0.832. The van der Waals surface area contributed by atoms with Crippen molar-refractivity contribution in [3.8, 4) is 0 Å². The summed E-state index contributed by atoms with van der Waals surface area (Å²) in [5.41, 5.74) is 1.06. The summed E-state index contributed by atoms with van der Waals surface area (Å²) in [5, 5.41) is 3.31. The van der Waals surface area contributed by atoms with E-state index in [-0.39, 0.29) is 11.9 Å². The fraction of sp³-hybridized carbons (Fsp3) is 0.647. The highest BCUT2D eigenvalue weighted by Gasteiger charge is 2.31. The second kappa shape index (κ2) is 8.86. The third kappa shape index (κ3) is 4.27. The van der Waals surface area contributed by atoms with Crippen molar-refractivity contribution < 1.29 is 4.79 Å². The first kappa shape index (κ1) is 16.9. The lowest BCUT2D eigenvalue weighted by Crippen LogP contribution is -2.51. The van der Waals surface area contributed by atoms with Crippen LogP contribution in [0, 0.1) is 0 Å². The molecule has 0 spiro atoms. The molecule has 0 aromatic carbocycles. The van der Waals surface area contributed by atoms with E-state index in [1.165, 1.54) is 0 Å². The van der Waals surface area contributed by atoms with Gasteiger partial charge in [0.05, 0.1) is 0 Å². The lowest BCUT2D eigenvalue weighted by atomic mass is 10.0. The van der Waals surface area contributed by atoms with Gasteiger partial charge < -0.3 is 10.2 Å². The Morgan fingerprint density at radius 3 is 2.36 bits per heavy atom. The molecule has 1 amide bonds. The zero-order chi connectivity index (χ0) is 15.8. The van der Waals surface area contributed by atoms with Crippen molar-refractivity contribution in [2.75, 3.05) is 39.3 Å². The van der Waals surface area contributed by atoms with Crippen LogP contribution >= 0.6 is 0 Å². The largest absolute Gasteiger partial charge is 0.338 e.